The maximum atomic E-state index is 12.4. The summed E-state index contributed by atoms with van der Waals surface area (Å²) in [5, 5.41) is 0. The summed E-state index contributed by atoms with van der Waals surface area (Å²) in [6.45, 7) is 0. The number of hydrazine groups is 1. The highest BCUT2D eigenvalue weighted by Crippen LogP contribution is 2.33. The van der Waals surface area contributed by atoms with E-state index >= 15 is 0 Å². The molecule has 0 aliphatic carbocycles. The van der Waals surface area contributed by atoms with E-state index in [2.05, 4.69) is 0 Å². The zero-order valence-electron chi connectivity index (χ0n) is 8.94. The summed E-state index contributed by atoms with van der Waals surface area (Å²) in [5.41, 5.74) is 0.692. The van der Waals surface area contributed by atoms with Gasteiger partial charge in [-0.3, -0.25) is 11.3 Å². The van der Waals surface area contributed by atoms with Gasteiger partial charge in [0.1, 0.15) is 0 Å². The smallest absolute Gasteiger partial charge is 0.271 e. The zero-order valence-corrected chi connectivity index (χ0v) is 8.94. The highest BCUT2D eigenvalue weighted by molar-refractivity contribution is 5.28. The van der Waals surface area contributed by atoms with Crippen LogP contribution in [0.1, 0.15) is 23.6 Å². The molecule has 8 heteroatoms. The summed E-state index contributed by atoms with van der Waals surface area (Å²) >= 11 is 0. The number of hydrogen-bond acceptors (Lipinski definition) is 2. The van der Waals surface area contributed by atoms with E-state index in [1.165, 1.54) is 0 Å². The lowest BCUT2D eigenvalue weighted by Gasteiger charge is -2.19. The van der Waals surface area contributed by atoms with E-state index in [1.54, 1.807) is 0 Å². The van der Waals surface area contributed by atoms with Crippen LogP contribution in [0.15, 0.2) is 24.3 Å². The van der Waals surface area contributed by atoms with Gasteiger partial charge < -0.3 is 0 Å². The Morgan fingerprint density at radius 2 is 1.72 bits per heavy atom. The van der Waals surface area contributed by atoms with Crippen LogP contribution in [-0.2, 0) is 6.18 Å². The van der Waals surface area contributed by atoms with Crippen LogP contribution in [0.2, 0.25) is 0 Å². The predicted molar refractivity (Wildman–Crippen MR) is 52.2 cm³/mol. The van der Waals surface area contributed by atoms with Crippen LogP contribution in [0.25, 0.3) is 0 Å². The van der Waals surface area contributed by atoms with Crippen LogP contribution in [0.3, 0.4) is 0 Å². The van der Waals surface area contributed by atoms with Gasteiger partial charge in [0, 0.05) is 0 Å². The number of nitrogens with two attached hydrogens (primary N) is 1. The second-order valence-corrected chi connectivity index (χ2v) is 3.66. The predicted octanol–water partition coefficient (Wildman–Crippen LogP) is 3.16. The highest BCUT2D eigenvalue weighted by atomic mass is 19.4. The lowest BCUT2D eigenvalue weighted by atomic mass is 10.0. The van der Waals surface area contributed by atoms with Crippen LogP contribution < -0.4 is 11.3 Å². The molecule has 1 aromatic carbocycles. The molecule has 0 heterocycles. The summed E-state index contributed by atoms with van der Waals surface area (Å²) in [7, 11) is 0. The van der Waals surface area contributed by atoms with Crippen molar-refractivity contribution in [2.45, 2.75) is 24.8 Å². The quantitative estimate of drug-likeness (QED) is 0.504. The molecule has 0 bridgehead atoms. The molecule has 0 amide bonds. The van der Waals surface area contributed by atoms with Gasteiger partial charge >= 0.3 is 12.4 Å². The largest absolute Gasteiger partial charge is 0.416 e. The number of alkyl halides is 6. The zero-order chi connectivity index (χ0) is 14.0. The van der Waals surface area contributed by atoms with Crippen molar-refractivity contribution in [3.63, 3.8) is 0 Å². The van der Waals surface area contributed by atoms with Crippen LogP contribution >= 0.6 is 0 Å². The number of halogens is 6. The van der Waals surface area contributed by atoms with Gasteiger partial charge in [0.15, 0.2) is 0 Å². The Labute approximate surface area is 98.7 Å². The van der Waals surface area contributed by atoms with Crippen LogP contribution in [0, 0.1) is 0 Å². The average molecular weight is 272 g/mol. The second-order valence-electron chi connectivity index (χ2n) is 3.66. The van der Waals surface area contributed by atoms with Gasteiger partial charge in [0.2, 0.25) is 0 Å². The minimum absolute atomic E-state index is 0.162. The number of benzene rings is 1. The maximum Gasteiger partial charge on any atom is 0.416 e. The third-order valence-corrected chi connectivity index (χ3v) is 2.25. The van der Waals surface area contributed by atoms with E-state index in [9.17, 15) is 26.3 Å². The fourth-order valence-corrected chi connectivity index (χ4v) is 1.44. The molecule has 1 unspecified atom stereocenters. The Kier molecular flexibility index (Phi) is 4.23. The Morgan fingerprint density at radius 1 is 1.11 bits per heavy atom. The topological polar surface area (TPSA) is 38.0 Å². The first-order chi connectivity index (χ1) is 8.13. The van der Waals surface area contributed by atoms with E-state index in [0.29, 0.717) is 6.07 Å². The molecular weight excluding hydrogens is 262 g/mol. The van der Waals surface area contributed by atoms with Crippen LogP contribution in [-0.4, -0.2) is 6.18 Å². The fraction of sp³-hybridized carbons (Fsp3) is 0.400. The SMILES string of the molecule is NNC(CC(F)(F)F)c1cccc(C(F)(F)F)c1. The van der Waals surface area contributed by atoms with E-state index in [-0.39, 0.29) is 5.56 Å². The van der Waals surface area contributed by atoms with Crippen molar-refractivity contribution in [3.05, 3.63) is 35.4 Å². The van der Waals surface area contributed by atoms with Gasteiger partial charge in [0.05, 0.1) is 18.0 Å². The van der Waals surface area contributed by atoms with E-state index in [0.717, 1.165) is 18.2 Å². The molecule has 1 rings (SSSR count). The first-order valence-electron chi connectivity index (χ1n) is 4.83. The van der Waals surface area contributed by atoms with Crippen molar-refractivity contribution >= 4 is 0 Å². The van der Waals surface area contributed by atoms with Crippen molar-refractivity contribution in [3.8, 4) is 0 Å². The minimum atomic E-state index is -4.60. The summed E-state index contributed by atoms with van der Waals surface area (Å²) in [6.07, 6.45) is -10.5. The lowest BCUT2D eigenvalue weighted by molar-refractivity contribution is -0.140. The van der Waals surface area contributed by atoms with Crippen molar-refractivity contribution in [2.75, 3.05) is 0 Å². The number of nitrogens with one attached hydrogen (secondary N) is 1. The molecule has 0 radical (unpaired) electrons. The molecule has 3 N–H and O–H groups in total. The van der Waals surface area contributed by atoms with Crippen LogP contribution in [0.5, 0.6) is 0 Å². The molecule has 102 valence electrons. The summed E-state index contributed by atoms with van der Waals surface area (Å²) < 4.78 is 73.8. The fourth-order valence-electron chi connectivity index (χ4n) is 1.44. The Hall–Kier alpha value is -1.28. The van der Waals surface area contributed by atoms with Gasteiger partial charge in [-0.05, 0) is 17.7 Å². The van der Waals surface area contributed by atoms with Gasteiger partial charge in [-0.15, -0.1) is 0 Å². The monoisotopic (exact) mass is 272 g/mol. The molecule has 0 saturated carbocycles. The Balaban J connectivity index is 3.00. The van der Waals surface area contributed by atoms with Crippen molar-refractivity contribution < 1.29 is 26.3 Å². The summed E-state index contributed by atoms with van der Waals surface area (Å²) in [6, 6.07) is 2.22. The van der Waals surface area contributed by atoms with Crippen molar-refractivity contribution in [1.82, 2.24) is 5.43 Å². The Bertz CT molecular complexity index is 398. The Morgan fingerprint density at radius 3 is 2.17 bits per heavy atom. The molecule has 0 aliphatic heterocycles. The first kappa shape index (κ1) is 14.8. The molecule has 0 aliphatic rings. The molecule has 0 aromatic heterocycles. The van der Waals surface area contributed by atoms with E-state index in [1.807, 2.05) is 5.43 Å². The standard InChI is InChI=1S/C10H10F6N2/c11-9(12,13)5-8(18-17)6-2-1-3-7(4-6)10(14,15)16/h1-4,8,18H,5,17H2. The second kappa shape index (κ2) is 5.15. The molecule has 0 saturated heterocycles. The molecule has 0 fully saturated rings. The van der Waals surface area contributed by atoms with E-state index in [4.69, 9.17) is 5.84 Å². The van der Waals surface area contributed by atoms with Crippen molar-refractivity contribution in [2.24, 2.45) is 5.84 Å². The average Bonchev–Trinajstić information content (AvgIpc) is 2.23. The molecule has 1 aromatic rings. The lowest BCUT2D eigenvalue weighted by Crippen LogP contribution is -2.32. The van der Waals surface area contributed by atoms with Gasteiger partial charge in [0.25, 0.3) is 0 Å². The molecular formula is C10H10F6N2. The summed E-state index contributed by atoms with van der Waals surface area (Å²) in [5.74, 6) is 4.94. The minimum Gasteiger partial charge on any atom is -0.271 e. The van der Waals surface area contributed by atoms with Crippen molar-refractivity contribution in [1.29, 1.82) is 0 Å². The maximum absolute atomic E-state index is 12.4. The molecule has 2 nitrogen and oxygen atoms in total. The summed E-state index contributed by atoms with van der Waals surface area (Å²) in [4.78, 5) is 0. The number of rotatable bonds is 3. The molecule has 0 spiro atoms. The third-order valence-electron chi connectivity index (χ3n) is 2.25. The van der Waals surface area contributed by atoms with Gasteiger partial charge in [-0.1, -0.05) is 12.1 Å². The van der Waals surface area contributed by atoms with Gasteiger partial charge in [-0.2, -0.15) is 26.3 Å². The molecule has 18 heavy (non-hydrogen) atoms. The highest BCUT2D eigenvalue weighted by Gasteiger charge is 2.34. The third kappa shape index (κ3) is 4.19. The normalized spacial score (nSPS) is 14.6. The van der Waals surface area contributed by atoms with E-state index < -0.39 is 30.4 Å². The molecule has 1 atom stereocenters. The van der Waals surface area contributed by atoms with Gasteiger partial charge in [-0.25, -0.2) is 0 Å². The first-order valence-corrected chi connectivity index (χ1v) is 4.83. The van der Waals surface area contributed by atoms with Crippen LogP contribution in [0.4, 0.5) is 26.3 Å². The number of hydrogen-bond donors (Lipinski definition) is 2.